The Balaban J connectivity index is 1.39. The standard InChI is InChI=1S/C20H22BrNO2/c21-20-8-16-5-17(9-20)7-19(6-16,13-20)10-18(23)24-12-15-3-1-2-14(4-15)11-22/h1-4,16-17H,5-10,12-13H2. The van der Waals surface area contributed by atoms with Crippen LogP contribution in [0, 0.1) is 28.6 Å². The molecule has 4 bridgehead atoms. The molecule has 5 rings (SSSR count). The van der Waals surface area contributed by atoms with Gasteiger partial charge in [-0.2, -0.15) is 5.26 Å². The van der Waals surface area contributed by atoms with Gasteiger partial charge in [0, 0.05) is 4.32 Å². The lowest BCUT2D eigenvalue weighted by atomic mass is 9.49. The zero-order valence-electron chi connectivity index (χ0n) is 13.8. The largest absolute Gasteiger partial charge is 0.461 e. The molecule has 3 nitrogen and oxygen atoms in total. The number of alkyl halides is 1. The summed E-state index contributed by atoms with van der Waals surface area (Å²) in [5.41, 5.74) is 1.63. The second-order valence-electron chi connectivity index (χ2n) is 8.26. The Kier molecular flexibility index (Phi) is 3.95. The number of ether oxygens (including phenoxy) is 1. The van der Waals surface area contributed by atoms with E-state index in [-0.39, 0.29) is 22.3 Å². The molecule has 0 radical (unpaired) electrons. The Morgan fingerprint density at radius 3 is 2.71 bits per heavy atom. The molecule has 24 heavy (non-hydrogen) atoms. The molecule has 0 heterocycles. The van der Waals surface area contributed by atoms with Gasteiger partial charge in [0.05, 0.1) is 18.1 Å². The third-order valence-electron chi connectivity index (χ3n) is 6.09. The van der Waals surface area contributed by atoms with Gasteiger partial charge in [-0.25, -0.2) is 0 Å². The number of rotatable bonds is 4. The van der Waals surface area contributed by atoms with Crippen molar-refractivity contribution in [3.8, 4) is 6.07 Å². The monoisotopic (exact) mass is 387 g/mol. The SMILES string of the molecule is N#Cc1cccc(COC(=O)CC23CC4CC(CC(Br)(C4)C2)C3)c1. The van der Waals surface area contributed by atoms with Gasteiger partial charge in [-0.3, -0.25) is 4.79 Å². The first-order chi connectivity index (χ1) is 11.5. The number of hydrogen-bond donors (Lipinski definition) is 0. The van der Waals surface area contributed by atoms with Crippen molar-refractivity contribution < 1.29 is 9.53 Å². The maximum Gasteiger partial charge on any atom is 0.306 e. The van der Waals surface area contributed by atoms with E-state index in [0.717, 1.165) is 23.8 Å². The van der Waals surface area contributed by atoms with E-state index >= 15 is 0 Å². The molecule has 4 aliphatic rings. The van der Waals surface area contributed by atoms with Crippen molar-refractivity contribution in [1.29, 1.82) is 5.26 Å². The number of benzene rings is 1. The van der Waals surface area contributed by atoms with Crippen LogP contribution in [0.4, 0.5) is 0 Å². The minimum Gasteiger partial charge on any atom is -0.461 e. The van der Waals surface area contributed by atoms with Gasteiger partial charge in [0.2, 0.25) is 0 Å². The lowest BCUT2D eigenvalue weighted by Gasteiger charge is -2.60. The third kappa shape index (κ3) is 3.11. The smallest absolute Gasteiger partial charge is 0.306 e. The summed E-state index contributed by atoms with van der Waals surface area (Å²) in [6, 6.07) is 9.38. The van der Waals surface area contributed by atoms with Crippen LogP contribution in [0.1, 0.15) is 56.1 Å². The maximum atomic E-state index is 12.5. The number of nitriles is 1. The molecule has 1 aromatic carbocycles. The second-order valence-corrected chi connectivity index (χ2v) is 9.94. The molecule has 2 unspecified atom stereocenters. The normalized spacial score (nSPS) is 36.3. The van der Waals surface area contributed by atoms with E-state index in [1.807, 2.05) is 12.1 Å². The van der Waals surface area contributed by atoms with Crippen LogP contribution in [0.25, 0.3) is 0 Å². The van der Waals surface area contributed by atoms with Crippen LogP contribution in [-0.4, -0.2) is 10.3 Å². The number of carbonyl (C=O) groups is 1. The Bertz CT molecular complexity index is 694. The van der Waals surface area contributed by atoms with Crippen LogP contribution < -0.4 is 0 Å². The maximum absolute atomic E-state index is 12.5. The Morgan fingerprint density at radius 1 is 1.29 bits per heavy atom. The van der Waals surface area contributed by atoms with Gasteiger partial charge in [-0.1, -0.05) is 28.1 Å². The first-order valence-electron chi connectivity index (χ1n) is 8.81. The van der Waals surface area contributed by atoms with Gasteiger partial charge < -0.3 is 4.74 Å². The average Bonchev–Trinajstić information content (AvgIpc) is 2.50. The van der Waals surface area contributed by atoms with Crippen molar-refractivity contribution in [3.63, 3.8) is 0 Å². The molecule has 0 aromatic heterocycles. The van der Waals surface area contributed by atoms with Crippen molar-refractivity contribution in [2.45, 2.75) is 55.9 Å². The molecule has 4 heteroatoms. The Labute approximate surface area is 151 Å². The quantitative estimate of drug-likeness (QED) is 0.554. The number of hydrogen-bond acceptors (Lipinski definition) is 3. The summed E-state index contributed by atoms with van der Waals surface area (Å²) in [6.07, 6.45) is 7.96. The molecule has 0 saturated heterocycles. The summed E-state index contributed by atoms with van der Waals surface area (Å²) < 4.78 is 5.81. The van der Waals surface area contributed by atoms with Gasteiger partial charge >= 0.3 is 5.97 Å². The first kappa shape index (κ1) is 16.1. The zero-order valence-corrected chi connectivity index (χ0v) is 15.3. The van der Waals surface area contributed by atoms with E-state index in [4.69, 9.17) is 10.00 Å². The minimum absolute atomic E-state index is 0.0876. The van der Waals surface area contributed by atoms with Gasteiger partial charge in [0.15, 0.2) is 0 Å². The predicted octanol–water partition coefficient (Wildman–Crippen LogP) is 4.73. The summed E-state index contributed by atoms with van der Waals surface area (Å²) in [4.78, 5) is 12.5. The highest BCUT2D eigenvalue weighted by Crippen LogP contribution is 2.65. The van der Waals surface area contributed by atoms with E-state index in [9.17, 15) is 4.79 Å². The molecule has 0 spiro atoms. The van der Waals surface area contributed by atoms with E-state index < -0.39 is 0 Å². The molecule has 0 aliphatic heterocycles. The van der Waals surface area contributed by atoms with Crippen LogP contribution in [0.5, 0.6) is 0 Å². The molecule has 0 amide bonds. The lowest BCUT2D eigenvalue weighted by molar-refractivity contribution is -0.152. The fourth-order valence-corrected chi connectivity index (χ4v) is 7.30. The second kappa shape index (κ2) is 5.88. The molecule has 0 N–H and O–H groups in total. The van der Waals surface area contributed by atoms with Crippen LogP contribution in [0.2, 0.25) is 0 Å². The van der Waals surface area contributed by atoms with Crippen LogP contribution >= 0.6 is 15.9 Å². The number of esters is 1. The van der Waals surface area contributed by atoms with E-state index in [0.29, 0.717) is 12.0 Å². The fraction of sp³-hybridized carbons (Fsp3) is 0.600. The average molecular weight is 388 g/mol. The minimum atomic E-state index is -0.0876. The van der Waals surface area contributed by atoms with Crippen molar-refractivity contribution >= 4 is 21.9 Å². The highest BCUT2D eigenvalue weighted by atomic mass is 79.9. The molecule has 4 saturated carbocycles. The lowest BCUT2D eigenvalue weighted by Crippen LogP contribution is -2.53. The topological polar surface area (TPSA) is 50.1 Å². The summed E-state index contributed by atoms with van der Waals surface area (Å²) in [6.45, 7) is 0.261. The number of halogens is 1. The summed E-state index contributed by atoms with van der Waals surface area (Å²) in [5.74, 6) is 1.48. The van der Waals surface area contributed by atoms with Crippen molar-refractivity contribution in [1.82, 2.24) is 0 Å². The number of nitrogens with zero attached hydrogens (tertiary/aromatic N) is 1. The van der Waals surface area contributed by atoms with Crippen molar-refractivity contribution in [3.05, 3.63) is 35.4 Å². The van der Waals surface area contributed by atoms with Gasteiger partial charge in [0.1, 0.15) is 6.61 Å². The summed E-state index contributed by atoms with van der Waals surface area (Å²) in [5, 5.41) is 8.94. The Hall–Kier alpha value is -1.34. The molecule has 1 aromatic rings. The highest BCUT2D eigenvalue weighted by Gasteiger charge is 2.57. The number of carbonyl (C=O) groups excluding carboxylic acids is 1. The fourth-order valence-electron chi connectivity index (χ4n) is 5.79. The predicted molar refractivity (Wildman–Crippen MR) is 94.3 cm³/mol. The molecular weight excluding hydrogens is 366 g/mol. The van der Waals surface area contributed by atoms with E-state index in [2.05, 4.69) is 22.0 Å². The first-order valence-corrected chi connectivity index (χ1v) is 9.61. The van der Waals surface area contributed by atoms with Crippen LogP contribution in [0.15, 0.2) is 24.3 Å². The van der Waals surface area contributed by atoms with E-state index in [1.54, 1.807) is 12.1 Å². The molecule has 4 aliphatic carbocycles. The third-order valence-corrected chi connectivity index (χ3v) is 7.01. The van der Waals surface area contributed by atoms with E-state index in [1.165, 1.54) is 32.1 Å². The Morgan fingerprint density at radius 2 is 2.04 bits per heavy atom. The van der Waals surface area contributed by atoms with Crippen molar-refractivity contribution in [2.75, 3.05) is 0 Å². The molecule has 4 fully saturated rings. The summed E-state index contributed by atoms with van der Waals surface area (Å²) >= 11 is 3.99. The van der Waals surface area contributed by atoms with Gasteiger partial charge in [-0.05, 0) is 73.5 Å². The van der Waals surface area contributed by atoms with Crippen LogP contribution in [-0.2, 0) is 16.1 Å². The summed E-state index contributed by atoms with van der Waals surface area (Å²) in [7, 11) is 0. The molecule has 126 valence electrons. The zero-order chi connectivity index (χ0) is 16.8. The van der Waals surface area contributed by atoms with Crippen molar-refractivity contribution in [2.24, 2.45) is 17.3 Å². The molecular formula is C20H22BrNO2. The molecule has 2 atom stereocenters. The van der Waals surface area contributed by atoms with Crippen LogP contribution in [0.3, 0.4) is 0 Å². The van der Waals surface area contributed by atoms with Gasteiger partial charge in [0.25, 0.3) is 0 Å². The highest BCUT2D eigenvalue weighted by molar-refractivity contribution is 9.10. The van der Waals surface area contributed by atoms with Gasteiger partial charge in [-0.15, -0.1) is 0 Å².